The summed E-state index contributed by atoms with van der Waals surface area (Å²) >= 11 is 0. The van der Waals surface area contributed by atoms with E-state index in [9.17, 15) is 10.1 Å². The Kier molecular flexibility index (Phi) is 8.48. The molecule has 1 aliphatic heterocycles. The molecule has 26 heavy (non-hydrogen) atoms. The van der Waals surface area contributed by atoms with Crippen LogP contribution in [0.15, 0.2) is 48.4 Å². The SMILES string of the molecule is CNC=C(NCC=CCOc1cccc(CN2CCCCC2)c1)[N+](=O)[O-]. The van der Waals surface area contributed by atoms with Crippen LogP contribution in [0.4, 0.5) is 0 Å². The van der Waals surface area contributed by atoms with Gasteiger partial charge in [-0.3, -0.25) is 10.2 Å². The molecule has 1 fully saturated rings. The minimum atomic E-state index is -0.464. The van der Waals surface area contributed by atoms with Crippen molar-refractivity contribution < 1.29 is 9.66 Å². The zero-order valence-corrected chi connectivity index (χ0v) is 15.3. The number of rotatable bonds is 10. The van der Waals surface area contributed by atoms with Gasteiger partial charge in [-0.05, 0) is 60.7 Å². The van der Waals surface area contributed by atoms with Crippen LogP contribution in [0.5, 0.6) is 5.75 Å². The topological polar surface area (TPSA) is 79.7 Å². The molecular formula is C19H28N4O3. The third kappa shape index (κ3) is 7.14. The second-order valence-corrected chi connectivity index (χ2v) is 6.22. The molecule has 0 aliphatic carbocycles. The minimum Gasteiger partial charge on any atom is -0.490 e. The van der Waals surface area contributed by atoms with E-state index in [2.05, 4.69) is 27.7 Å². The molecule has 0 saturated carbocycles. The molecule has 0 aromatic heterocycles. The molecule has 0 spiro atoms. The molecule has 7 nitrogen and oxygen atoms in total. The van der Waals surface area contributed by atoms with Crippen LogP contribution in [0, 0.1) is 10.1 Å². The van der Waals surface area contributed by atoms with Gasteiger partial charge in [-0.2, -0.15) is 0 Å². The summed E-state index contributed by atoms with van der Waals surface area (Å²) < 4.78 is 5.74. The highest BCUT2D eigenvalue weighted by Crippen LogP contribution is 2.17. The Hall–Kier alpha value is -2.54. The molecule has 7 heteroatoms. The van der Waals surface area contributed by atoms with Gasteiger partial charge in [-0.25, -0.2) is 0 Å². The lowest BCUT2D eigenvalue weighted by molar-refractivity contribution is -0.432. The van der Waals surface area contributed by atoms with Gasteiger partial charge in [0.1, 0.15) is 18.9 Å². The highest BCUT2D eigenvalue weighted by atomic mass is 16.6. The molecule has 2 rings (SSSR count). The first kappa shape index (κ1) is 19.8. The van der Waals surface area contributed by atoms with Crippen LogP contribution in [-0.4, -0.2) is 43.1 Å². The van der Waals surface area contributed by atoms with E-state index in [1.54, 1.807) is 7.05 Å². The molecule has 2 N–H and O–H groups in total. The van der Waals surface area contributed by atoms with E-state index in [4.69, 9.17) is 4.74 Å². The zero-order valence-electron chi connectivity index (χ0n) is 15.3. The van der Waals surface area contributed by atoms with E-state index in [1.165, 1.54) is 44.1 Å². The Morgan fingerprint density at radius 1 is 1.31 bits per heavy atom. The first-order chi connectivity index (χ1) is 12.7. The highest BCUT2D eigenvalue weighted by Gasteiger charge is 2.10. The Balaban J connectivity index is 1.72. The maximum atomic E-state index is 10.8. The number of ether oxygens (including phenoxy) is 1. The van der Waals surface area contributed by atoms with Crippen molar-refractivity contribution in [2.45, 2.75) is 25.8 Å². The number of nitrogens with one attached hydrogen (secondary N) is 2. The van der Waals surface area contributed by atoms with Crippen LogP contribution in [0.3, 0.4) is 0 Å². The van der Waals surface area contributed by atoms with Crippen molar-refractivity contribution in [1.29, 1.82) is 0 Å². The summed E-state index contributed by atoms with van der Waals surface area (Å²) in [5.41, 5.74) is 1.27. The number of hydrogen-bond donors (Lipinski definition) is 2. The van der Waals surface area contributed by atoms with Crippen molar-refractivity contribution in [3.63, 3.8) is 0 Å². The van der Waals surface area contributed by atoms with Crippen molar-refractivity contribution >= 4 is 0 Å². The van der Waals surface area contributed by atoms with Crippen molar-refractivity contribution in [1.82, 2.24) is 15.5 Å². The summed E-state index contributed by atoms with van der Waals surface area (Å²) in [5.74, 6) is 0.779. The lowest BCUT2D eigenvalue weighted by Crippen LogP contribution is -2.29. The third-order valence-corrected chi connectivity index (χ3v) is 4.14. The molecule has 1 heterocycles. The lowest BCUT2D eigenvalue weighted by Gasteiger charge is -2.26. The quantitative estimate of drug-likeness (QED) is 0.379. The molecule has 1 aliphatic rings. The normalized spacial score (nSPS) is 15.8. The first-order valence-electron chi connectivity index (χ1n) is 9.04. The predicted molar refractivity (Wildman–Crippen MR) is 102 cm³/mol. The standard InChI is InChI=1S/C19H28N4O3/c1-20-15-19(23(24)25)21-10-3-6-13-26-18-9-7-8-17(14-18)16-22-11-4-2-5-12-22/h3,6-9,14-15,20-21H,2,4-5,10-13,16H2,1H3. The molecular weight excluding hydrogens is 332 g/mol. The number of piperidine rings is 1. The first-order valence-corrected chi connectivity index (χ1v) is 9.04. The Morgan fingerprint density at radius 3 is 2.85 bits per heavy atom. The van der Waals surface area contributed by atoms with E-state index in [1.807, 2.05) is 24.3 Å². The van der Waals surface area contributed by atoms with Gasteiger partial charge in [0.05, 0.1) is 6.20 Å². The smallest absolute Gasteiger partial charge is 0.332 e. The zero-order chi connectivity index (χ0) is 18.6. The number of benzene rings is 1. The van der Waals surface area contributed by atoms with Crippen molar-refractivity contribution in [3.05, 3.63) is 64.1 Å². The third-order valence-electron chi connectivity index (χ3n) is 4.14. The maximum Gasteiger partial charge on any atom is 0.332 e. The predicted octanol–water partition coefficient (Wildman–Crippen LogP) is 2.49. The molecule has 142 valence electrons. The Bertz CT molecular complexity index is 625. The summed E-state index contributed by atoms with van der Waals surface area (Å²) in [7, 11) is 1.62. The van der Waals surface area contributed by atoms with Crippen LogP contribution in [0.25, 0.3) is 0 Å². The van der Waals surface area contributed by atoms with Crippen molar-refractivity contribution in [2.24, 2.45) is 0 Å². The Morgan fingerprint density at radius 2 is 2.12 bits per heavy atom. The van der Waals surface area contributed by atoms with E-state index in [-0.39, 0.29) is 5.82 Å². The molecule has 0 atom stereocenters. The molecule has 0 amide bonds. The molecule has 0 radical (unpaired) electrons. The Labute approximate surface area is 154 Å². The monoisotopic (exact) mass is 360 g/mol. The van der Waals surface area contributed by atoms with Gasteiger partial charge in [0, 0.05) is 13.6 Å². The van der Waals surface area contributed by atoms with Crippen LogP contribution >= 0.6 is 0 Å². The van der Waals surface area contributed by atoms with Crippen LogP contribution in [0.1, 0.15) is 24.8 Å². The van der Waals surface area contributed by atoms with Crippen LogP contribution < -0.4 is 15.4 Å². The molecule has 0 bridgehead atoms. The maximum absolute atomic E-state index is 10.8. The summed E-state index contributed by atoms with van der Waals surface area (Å²) in [4.78, 5) is 12.8. The highest BCUT2D eigenvalue weighted by molar-refractivity contribution is 5.28. The van der Waals surface area contributed by atoms with E-state index in [0.29, 0.717) is 13.2 Å². The van der Waals surface area contributed by atoms with Crippen molar-refractivity contribution in [2.75, 3.05) is 33.3 Å². The summed E-state index contributed by atoms with van der Waals surface area (Å²) in [6, 6.07) is 8.19. The van der Waals surface area contributed by atoms with Gasteiger partial charge < -0.3 is 20.2 Å². The van der Waals surface area contributed by atoms with E-state index in [0.717, 1.165) is 12.3 Å². The number of hydrogen-bond acceptors (Lipinski definition) is 6. The summed E-state index contributed by atoms with van der Waals surface area (Å²) in [6.45, 7) is 4.12. The average molecular weight is 360 g/mol. The second kappa shape index (κ2) is 11.1. The fraction of sp³-hybridized carbons (Fsp3) is 0.474. The average Bonchev–Trinajstić information content (AvgIpc) is 2.64. The van der Waals surface area contributed by atoms with E-state index >= 15 is 0 Å². The fourth-order valence-electron chi connectivity index (χ4n) is 2.87. The number of nitro groups is 1. The van der Waals surface area contributed by atoms with Gasteiger partial charge in [0.2, 0.25) is 0 Å². The van der Waals surface area contributed by atoms with E-state index < -0.39 is 4.92 Å². The van der Waals surface area contributed by atoms with Crippen LogP contribution in [-0.2, 0) is 6.54 Å². The van der Waals surface area contributed by atoms with Gasteiger partial charge in [-0.1, -0.05) is 18.6 Å². The lowest BCUT2D eigenvalue weighted by atomic mass is 10.1. The molecule has 0 unspecified atom stereocenters. The number of likely N-dealkylation sites (tertiary alicyclic amines) is 1. The number of nitrogens with zero attached hydrogens (tertiary/aromatic N) is 2. The van der Waals surface area contributed by atoms with Gasteiger partial charge in [-0.15, -0.1) is 0 Å². The van der Waals surface area contributed by atoms with Crippen molar-refractivity contribution in [3.8, 4) is 5.75 Å². The minimum absolute atomic E-state index is 0.0662. The van der Waals surface area contributed by atoms with Gasteiger partial charge in [0.15, 0.2) is 0 Å². The second-order valence-electron chi connectivity index (χ2n) is 6.22. The molecule has 1 aromatic carbocycles. The van der Waals surface area contributed by atoms with Gasteiger partial charge in [0.25, 0.3) is 0 Å². The summed E-state index contributed by atoms with van der Waals surface area (Å²) in [5, 5.41) is 16.1. The summed E-state index contributed by atoms with van der Waals surface area (Å²) in [6.07, 6.45) is 8.89. The fourth-order valence-corrected chi connectivity index (χ4v) is 2.87. The largest absolute Gasteiger partial charge is 0.490 e. The van der Waals surface area contributed by atoms with Crippen LogP contribution in [0.2, 0.25) is 0 Å². The van der Waals surface area contributed by atoms with Gasteiger partial charge >= 0.3 is 5.82 Å². The molecule has 1 saturated heterocycles. The molecule has 1 aromatic rings.